The monoisotopic (exact) mass is 458 g/mol. The Kier molecular flexibility index (Phi) is 5.49. The number of halogens is 1. The Balaban J connectivity index is 1.24. The lowest BCUT2D eigenvalue weighted by molar-refractivity contribution is -0.177. The molecule has 33 heavy (non-hydrogen) atoms. The molecule has 1 aromatic rings. The number of morpholine rings is 1. The molecule has 176 valence electrons. The van der Waals surface area contributed by atoms with E-state index in [9.17, 15) is 14.4 Å². The van der Waals surface area contributed by atoms with Gasteiger partial charge in [0.25, 0.3) is 5.91 Å². The molecule has 4 aliphatic rings. The number of rotatable bonds is 4. The predicted octanol–water partition coefficient (Wildman–Crippen LogP) is 2.20. The van der Waals surface area contributed by atoms with Crippen molar-refractivity contribution in [3.8, 4) is 0 Å². The summed E-state index contributed by atoms with van der Waals surface area (Å²) in [7, 11) is 0. The lowest BCUT2D eigenvalue weighted by Crippen LogP contribution is -2.60. The number of piperidine rings is 1. The fraction of sp³-hybridized carbons (Fsp3) is 0.542. The Morgan fingerprint density at radius 3 is 2.45 bits per heavy atom. The van der Waals surface area contributed by atoms with Gasteiger partial charge in [0.1, 0.15) is 25.0 Å². The molecule has 1 spiro atoms. The molecule has 1 atom stereocenters. The highest BCUT2D eigenvalue weighted by Crippen LogP contribution is 2.36. The fourth-order valence-electron chi connectivity index (χ4n) is 5.23. The van der Waals surface area contributed by atoms with Crippen molar-refractivity contribution in [3.63, 3.8) is 0 Å². The first-order valence-electron chi connectivity index (χ1n) is 11.3. The van der Waals surface area contributed by atoms with E-state index in [1.165, 1.54) is 0 Å². The maximum Gasteiger partial charge on any atom is 0.338 e. The summed E-state index contributed by atoms with van der Waals surface area (Å²) in [6.07, 6.45) is -0.294. The summed E-state index contributed by atoms with van der Waals surface area (Å²) in [4.78, 5) is 40.5. The van der Waals surface area contributed by atoms with E-state index in [4.69, 9.17) is 14.2 Å². The molecule has 0 saturated carbocycles. The number of esters is 2. The van der Waals surface area contributed by atoms with Gasteiger partial charge in [-0.3, -0.25) is 9.69 Å². The van der Waals surface area contributed by atoms with Gasteiger partial charge >= 0.3 is 11.9 Å². The van der Waals surface area contributed by atoms with E-state index in [-0.39, 0.29) is 37.6 Å². The van der Waals surface area contributed by atoms with Crippen LogP contribution in [0.5, 0.6) is 0 Å². The first-order valence-corrected chi connectivity index (χ1v) is 11.3. The molecular formula is C24H27FN2O6. The molecule has 2 saturated heterocycles. The summed E-state index contributed by atoms with van der Waals surface area (Å²) in [6.45, 7) is 5.83. The Morgan fingerprint density at radius 2 is 1.76 bits per heavy atom. The van der Waals surface area contributed by atoms with Crippen LogP contribution in [0.2, 0.25) is 0 Å². The van der Waals surface area contributed by atoms with E-state index in [1.807, 2.05) is 11.8 Å². The summed E-state index contributed by atoms with van der Waals surface area (Å²) in [5.41, 5.74) is 2.75. The van der Waals surface area contributed by atoms with Crippen molar-refractivity contribution in [1.29, 1.82) is 0 Å². The van der Waals surface area contributed by atoms with Gasteiger partial charge in [-0.2, -0.15) is 0 Å². The molecule has 2 fully saturated rings. The SMILES string of the molecule is CC1=C(N2CCOC3(CCN(C[C@H](F)c4ccc5c(c4C)COC5=O)CC3)C2=O)COC1=O. The summed E-state index contributed by atoms with van der Waals surface area (Å²) < 4.78 is 31.4. The topological polar surface area (TPSA) is 85.4 Å². The van der Waals surface area contributed by atoms with E-state index in [2.05, 4.69) is 0 Å². The van der Waals surface area contributed by atoms with Gasteiger partial charge in [0.05, 0.1) is 23.4 Å². The van der Waals surface area contributed by atoms with Crippen molar-refractivity contribution < 1.29 is 33.0 Å². The van der Waals surface area contributed by atoms with Crippen molar-refractivity contribution >= 4 is 17.8 Å². The molecule has 0 aromatic heterocycles. The number of carbonyl (C=O) groups excluding carboxylic acids is 3. The summed E-state index contributed by atoms with van der Waals surface area (Å²) in [5.74, 6) is -0.890. The normalized spacial score (nSPS) is 23.7. The van der Waals surface area contributed by atoms with Crippen LogP contribution in [0.3, 0.4) is 0 Å². The molecule has 9 heteroatoms. The van der Waals surface area contributed by atoms with Gasteiger partial charge in [0.2, 0.25) is 0 Å². The number of carbonyl (C=O) groups is 3. The van der Waals surface area contributed by atoms with Gasteiger partial charge in [-0.25, -0.2) is 14.0 Å². The Morgan fingerprint density at radius 1 is 1.03 bits per heavy atom. The smallest absolute Gasteiger partial charge is 0.338 e. The highest BCUT2D eigenvalue weighted by molar-refractivity contribution is 5.95. The fourth-order valence-corrected chi connectivity index (χ4v) is 5.23. The van der Waals surface area contributed by atoms with E-state index < -0.39 is 11.8 Å². The highest BCUT2D eigenvalue weighted by atomic mass is 19.1. The highest BCUT2D eigenvalue weighted by Gasteiger charge is 2.49. The molecule has 4 heterocycles. The molecule has 0 radical (unpaired) electrons. The second-order valence-electron chi connectivity index (χ2n) is 9.10. The number of hydrogen-bond donors (Lipinski definition) is 0. The number of benzene rings is 1. The van der Waals surface area contributed by atoms with Crippen LogP contribution in [0, 0.1) is 6.92 Å². The van der Waals surface area contributed by atoms with Crippen molar-refractivity contribution in [2.75, 3.05) is 39.4 Å². The standard InChI is InChI=1S/C24H27FN2O6/c1-14-16(3-4-17-18(14)12-31-22(17)29)19(25)11-26-7-5-24(6-8-26)23(30)27(9-10-33-24)20-13-32-21(28)15(20)2/h3-4,19H,5-13H2,1-2H3/t19-/m0/s1. The van der Waals surface area contributed by atoms with Crippen molar-refractivity contribution in [3.05, 3.63) is 45.7 Å². The van der Waals surface area contributed by atoms with Gasteiger partial charge in [0.15, 0.2) is 0 Å². The number of alkyl halides is 1. The van der Waals surface area contributed by atoms with Gasteiger partial charge in [0, 0.05) is 31.7 Å². The molecule has 4 aliphatic heterocycles. The lowest BCUT2D eigenvalue weighted by atomic mass is 9.87. The number of cyclic esters (lactones) is 2. The van der Waals surface area contributed by atoms with Crippen LogP contribution in [-0.2, 0) is 30.4 Å². The average Bonchev–Trinajstić information content (AvgIpc) is 3.35. The van der Waals surface area contributed by atoms with Gasteiger partial charge in [-0.05, 0) is 43.9 Å². The number of nitrogens with zero attached hydrogens (tertiary/aromatic N) is 2. The Bertz CT molecular complexity index is 1060. The molecule has 8 nitrogen and oxygen atoms in total. The first kappa shape index (κ1) is 22.0. The molecule has 0 aliphatic carbocycles. The molecule has 0 unspecified atom stereocenters. The van der Waals surface area contributed by atoms with Crippen LogP contribution < -0.4 is 0 Å². The van der Waals surface area contributed by atoms with Crippen LogP contribution in [-0.4, -0.2) is 72.6 Å². The quantitative estimate of drug-likeness (QED) is 0.640. The molecule has 0 bridgehead atoms. The molecule has 1 aromatic carbocycles. The van der Waals surface area contributed by atoms with E-state index in [1.54, 1.807) is 24.0 Å². The minimum Gasteiger partial charge on any atom is -0.457 e. The van der Waals surface area contributed by atoms with Gasteiger partial charge in [-0.15, -0.1) is 0 Å². The van der Waals surface area contributed by atoms with Crippen molar-refractivity contribution in [1.82, 2.24) is 9.80 Å². The number of hydrogen-bond acceptors (Lipinski definition) is 7. The lowest BCUT2D eigenvalue weighted by Gasteiger charge is -2.46. The van der Waals surface area contributed by atoms with Crippen LogP contribution in [0.25, 0.3) is 0 Å². The number of fused-ring (bicyclic) bond motifs is 1. The maximum absolute atomic E-state index is 15.3. The van der Waals surface area contributed by atoms with Crippen LogP contribution in [0.4, 0.5) is 4.39 Å². The number of ether oxygens (including phenoxy) is 3. The Hall–Kier alpha value is -2.78. The van der Waals surface area contributed by atoms with Crippen molar-refractivity contribution in [2.24, 2.45) is 0 Å². The predicted molar refractivity (Wildman–Crippen MR) is 114 cm³/mol. The average molecular weight is 458 g/mol. The van der Waals surface area contributed by atoms with Crippen LogP contribution in [0.1, 0.15) is 53.0 Å². The third-order valence-corrected chi connectivity index (χ3v) is 7.36. The zero-order valence-corrected chi connectivity index (χ0v) is 18.8. The van der Waals surface area contributed by atoms with E-state index >= 15 is 4.39 Å². The molecule has 0 N–H and O–H groups in total. The summed E-state index contributed by atoms with van der Waals surface area (Å²) in [5, 5.41) is 0. The zero-order chi connectivity index (χ0) is 23.3. The maximum atomic E-state index is 15.3. The minimum atomic E-state index is -1.21. The summed E-state index contributed by atoms with van der Waals surface area (Å²) >= 11 is 0. The van der Waals surface area contributed by atoms with E-state index in [0.29, 0.717) is 61.5 Å². The zero-order valence-electron chi connectivity index (χ0n) is 18.8. The minimum absolute atomic E-state index is 0.110. The third-order valence-electron chi connectivity index (χ3n) is 7.36. The van der Waals surface area contributed by atoms with Gasteiger partial charge < -0.3 is 19.1 Å². The van der Waals surface area contributed by atoms with E-state index in [0.717, 1.165) is 11.1 Å². The summed E-state index contributed by atoms with van der Waals surface area (Å²) in [6, 6.07) is 3.31. The number of likely N-dealkylation sites (tertiary alicyclic amines) is 1. The third kappa shape index (κ3) is 3.63. The second kappa shape index (κ2) is 8.22. The van der Waals surface area contributed by atoms with Crippen molar-refractivity contribution in [2.45, 2.75) is 45.1 Å². The largest absolute Gasteiger partial charge is 0.457 e. The van der Waals surface area contributed by atoms with Crippen LogP contribution >= 0.6 is 0 Å². The second-order valence-corrected chi connectivity index (χ2v) is 9.10. The van der Waals surface area contributed by atoms with Crippen LogP contribution in [0.15, 0.2) is 23.4 Å². The first-order chi connectivity index (χ1) is 15.8. The molecule has 5 rings (SSSR count). The Labute approximate surface area is 191 Å². The molecule has 1 amide bonds. The van der Waals surface area contributed by atoms with Gasteiger partial charge in [-0.1, -0.05) is 6.07 Å². The molecular weight excluding hydrogens is 431 g/mol. The number of amides is 1.